The second-order valence-corrected chi connectivity index (χ2v) is 5.53. The minimum Gasteiger partial charge on any atom is -0.360 e. The third kappa shape index (κ3) is 3.45. The normalized spacial score (nSPS) is 11.0. The van der Waals surface area contributed by atoms with Gasteiger partial charge in [0, 0.05) is 13.1 Å². The fourth-order valence-electron chi connectivity index (χ4n) is 2.02. The molecule has 0 saturated heterocycles. The first-order valence-electron chi connectivity index (χ1n) is 6.75. The lowest BCUT2D eigenvalue weighted by atomic mass is 10.0. The molecule has 22 heavy (non-hydrogen) atoms. The molecule has 1 N–H and O–H groups in total. The van der Waals surface area contributed by atoms with Crippen molar-refractivity contribution < 1.29 is 13.7 Å². The Morgan fingerprint density at radius 3 is 2.82 bits per heavy atom. The number of amides is 1. The molecule has 0 radical (unpaired) electrons. The Balaban J connectivity index is 2.34. The summed E-state index contributed by atoms with van der Waals surface area (Å²) >= 11 is 6.04. The molecule has 5 nitrogen and oxygen atoms in total. The molecule has 0 fully saturated rings. The van der Waals surface area contributed by atoms with Gasteiger partial charge in [0.2, 0.25) is 0 Å². The van der Waals surface area contributed by atoms with Crippen LogP contribution in [0.5, 0.6) is 0 Å². The first-order valence-corrected chi connectivity index (χ1v) is 7.13. The molecule has 7 heteroatoms. The predicted molar refractivity (Wildman–Crippen MR) is 82.5 cm³/mol. The van der Waals surface area contributed by atoms with E-state index in [4.69, 9.17) is 16.1 Å². The zero-order valence-electron chi connectivity index (χ0n) is 12.6. The maximum absolute atomic E-state index is 14.0. The van der Waals surface area contributed by atoms with Crippen LogP contribution in [0.1, 0.15) is 16.1 Å². The number of likely N-dealkylation sites (N-methyl/N-ethyl adjacent to an activating group) is 1. The molecule has 0 spiro atoms. The average molecular weight is 326 g/mol. The number of aryl methyl sites for hydroxylation is 1. The number of aromatic nitrogens is 1. The minimum atomic E-state index is -0.553. The van der Waals surface area contributed by atoms with Gasteiger partial charge in [-0.25, -0.2) is 4.39 Å². The second kappa shape index (κ2) is 6.89. The van der Waals surface area contributed by atoms with E-state index in [2.05, 4.69) is 10.5 Å². The Morgan fingerprint density at radius 2 is 2.18 bits per heavy atom. The molecule has 118 valence electrons. The van der Waals surface area contributed by atoms with E-state index in [0.29, 0.717) is 18.8 Å². The van der Waals surface area contributed by atoms with Crippen molar-refractivity contribution in [1.29, 1.82) is 0 Å². The Hall–Kier alpha value is -1.92. The average Bonchev–Trinajstić information content (AvgIpc) is 2.80. The SMILES string of the molecule is Cc1onc(-c2c(F)cccc2Cl)c1C(=O)NCCN(C)C. The van der Waals surface area contributed by atoms with E-state index in [-0.39, 0.29) is 27.8 Å². The maximum atomic E-state index is 14.0. The van der Waals surface area contributed by atoms with Crippen LogP contribution in [-0.2, 0) is 0 Å². The molecule has 0 aliphatic rings. The van der Waals surface area contributed by atoms with Gasteiger partial charge in [0.05, 0.1) is 10.6 Å². The Morgan fingerprint density at radius 1 is 1.45 bits per heavy atom. The summed E-state index contributed by atoms with van der Waals surface area (Å²) < 4.78 is 19.1. The lowest BCUT2D eigenvalue weighted by molar-refractivity contribution is 0.0950. The first kappa shape index (κ1) is 16.5. The molecule has 0 bridgehead atoms. The van der Waals surface area contributed by atoms with Crippen molar-refractivity contribution in [2.45, 2.75) is 6.92 Å². The van der Waals surface area contributed by atoms with Crippen LogP contribution in [0.15, 0.2) is 22.7 Å². The number of rotatable bonds is 5. The summed E-state index contributed by atoms with van der Waals surface area (Å²) in [4.78, 5) is 14.3. The standard InChI is InChI=1S/C15H17ClFN3O2/c1-9-12(15(21)18-7-8-20(2)3)14(19-22-9)13-10(16)5-4-6-11(13)17/h4-6H,7-8H2,1-3H3,(H,18,21). The Bertz CT molecular complexity index is 665. The van der Waals surface area contributed by atoms with Crippen LogP contribution in [0, 0.1) is 12.7 Å². The van der Waals surface area contributed by atoms with Crippen LogP contribution in [0.4, 0.5) is 4.39 Å². The Labute approximate surface area is 133 Å². The molecular weight excluding hydrogens is 309 g/mol. The topological polar surface area (TPSA) is 58.4 Å². The number of carbonyl (C=O) groups excluding carboxylic acids is 1. The van der Waals surface area contributed by atoms with Gasteiger partial charge >= 0.3 is 0 Å². The van der Waals surface area contributed by atoms with E-state index in [0.717, 1.165) is 0 Å². The number of halogens is 2. The number of nitrogens with one attached hydrogen (secondary N) is 1. The highest BCUT2D eigenvalue weighted by Gasteiger charge is 2.25. The highest BCUT2D eigenvalue weighted by atomic mass is 35.5. The van der Waals surface area contributed by atoms with Crippen molar-refractivity contribution in [3.8, 4) is 11.3 Å². The van der Waals surface area contributed by atoms with Crippen LogP contribution < -0.4 is 5.32 Å². The van der Waals surface area contributed by atoms with E-state index in [9.17, 15) is 9.18 Å². The summed E-state index contributed by atoms with van der Waals surface area (Å²) in [7, 11) is 3.81. The van der Waals surface area contributed by atoms with Gasteiger partial charge in [-0.2, -0.15) is 0 Å². The van der Waals surface area contributed by atoms with E-state index < -0.39 is 5.82 Å². The van der Waals surface area contributed by atoms with Crippen LogP contribution in [0.3, 0.4) is 0 Å². The largest absolute Gasteiger partial charge is 0.360 e. The van der Waals surface area contributed by atoms with E-state index >= 15 is 0 Å². The lowest BCUT2D eigenvalue weighted by Gasteiger charge is -2.11. The third-order valence-electron chi connectivity index (χ3n) is 3.13. The smallest absolute Gasteiger partial charge is 0.257 e. The van der Waals surface area contributed by atoms with E-state index in [1.807, 2.05) is 19.0 Å². The summed E-state index contributed by atoms with van der Waals surface area (Å²) in [6.45, 7) is 2.75. The van der Waals surface area contributed by atoms with Crippen molar-refractivity contribution in [3.63, 3.8) is 0 Å². The fraction of sp³-hybridized carbons (Fsp3) is 0.333. The molecular formula is C15H17ClFN3O2. The van der Waals surface area contributed by atoms with Gasteiger partial charge in [0.25, 0.3) is 5.91 Å². The molecule has 0 aliphatic heterocycles. The molecule has 1 aromatic carbocycles. The highest BCUT2D eigenvalue weighted by Crippen LogP contribution is 2.33. The molecule has 1 heterocycles. The van der Waals surface area contributed by atoms with Gasteiger partial charge in [-0.15, -0.1) is 0 Å². The molecule has 0 atom stereocenters. The minimum absolute atomic E-state index is 0.0683. The summed E-state index contributed by atoms with van der Waals surface area (Å²) in [5, 5.41) is 6.74. The molecule has 1 aromatic heterocycles. The van der Waals surface area contributed by atoms with Crippen molar-refractivity contribution in [2.75, 3.05) is 27.2 Å². The zero-order chi connectivity index (χ0) is 16.3. The predicted octanol–water partition coefficient (Wildman–Crippen LogP) is 2.73. The van der Waals surface area contributed by atoms with Crippen LogP contribution >= 0.6 is 11.6 Å². The second-order valence-electron chi connectivity index (χ2n) is 5.12. The molecule has 0 aliphatic carbocycles. The third-order valence-corrected chi connectivity index (χ3v) is 3.45. The van der Waals surface area contributed by atoms with E-state index in [1.54, 1.807) is 6.92 Å². The molecule has 2 rings (SSSR count). The first-order chi connectivity index (χ1) is 10.4. The van der Waals surface area contributed by atoms with Crippen molar-refractivity contribution in [2.24, 2.45) is 0 Å². The summed E-state index contributed by atoms with van der Waals surface area (Å²) in [6.07, 6.45) is 0. The quantitative estimate of drug-likeness (QED) is 0.918. The zero-order valence-corrected chi connectivity index (χ0v) is 13.4. The van der Waals surface area contributed by atoms with Gasteiger partial charge in [-0.3, -0.25) is 4.79 Å². The summed E-state index contributed by atoms with van der Waals surface area (Å²) in [5.41, 5.74) is 0.382. The van der Waals surface area contributed by atoms with Gasteiger partial charge in [-0.1, -0.05) is 22.8 Å². The highest BCUT2D eigenvalue weighted by molar-refractivity contribution is 6.33. The van der Waals surface area contributed by atoms with Crippen LogP contribution in [-0.4, -0.2) is 43.1 Å². The van der Waals surface area contributed by atoms with Crippen LogP contribution in [0.25, 0.3) is 11.3 Å². The number of carbonyl (C=O) groups is 1. The van der Waals surface area contributed by atoms with Crippen molar-refractivity contribution in [3.05, 3.63) is 40.4 Å². The molecule has 1 amide bonds. The molecule has 2 aromatic rings. The fourth-order valence-corrected chi connectivity index (χ4v) is 2.27. The number of nitrogens with zero attached hydrogens (tertiary/aromatic N) is 2. The summed E-state index contributed by atoms with van der Waals surface area (Å²) in [6, 6.07) is 4.29. The van der Waals surface area contributed by atoms with Gasteiger partial charge in [0.15, 0.2) is 0 Å². The number of benzene rings is 1. The number of hydrogen-bond donors (Lipinski definition) is 1. The van der Waals surface area contributed by atoms with Crippen LogP contribution in [0.2, 0.25) is 5.02 Å². The Kier molecular flexibility index (Phi) is 5.15. The van der Waals surface area contributed by atoms with Crippen molar-refractivity contribution >= 4 is 17.5 Å². The molecule has 0 unspecified atom stereocenters. The number of hydrogen-bond acceptors (Lipinski definition) is 4. The lowest BCUT2D eigenvalue weighted by Crippen LogP contribution is -2.31. The molecule has 0 saturated carbocycles. The van der Waals surface area contributed by atoms with Gasteiger partial charge < -0.3 is 14.7 Å². The van der Waals surface area contributed by atoms with Gasteiger partial charge in [-0.05, 0) is 33.2 Å². The summed E-state index contributed by atoms with van der Waals surface area (Å²) in [5.74, 6) is -0.602. The maximum Gasteiger partial charge on any atom is 0.257 e. The monoisotopic (exact) mass is 325 g/mol. The van der Waals surface area contributed by atoms with Crippen molar-refractivity contribution in [1.82, 2.24) is 15.4 Å². The van der Waals surface area contributed by atoms with Gasteiger partial charge in [0.1, 0.15) is 22.8 Å². The van der Waals surface area contributed by atoms with E-state index in [1.165, 1.54) is 18.2 Å².